The number of carbonyl (C=O) groups excluding carboxylic acids is 1. The normalized spacial score (nSPS) is 18.9. The van der Waals surface area contributed by atoms with E-state index in [2.05, 4.69) is 25.3 Å². The molecule has 1 aliphatic rings. The fourth-order valence-corrected chi connectivity index (χ4v) is 5.56. The van der Waals surface area contributed by atoms with Crippen molar-refractivity contribution in [3.8, 4) is 11.5 Å². The van der Waals surface area contributed by atoms with Crippen LogP contribution < -0.4 is 20.1 Å². The van der Waals surface area contributed by atoms with Gasteiger partial charge in [0.25, 0.3) is 5.91 Å². The summed E-state index contributed by atoms with van der Waals surface area (Å²) >= 11 is 1.49. The minimum absolute atomic E-state index is 0.00490. The number of hydrogen-bond donors (Lipinski definition) is 3. The maximum Gasteiger partial charge on any atom is 0.269 e. The summed E-state index contributed by atoms with van der Waals surface area (Å²) in [7, 11) is -1.72. The Kier molecular flexibility index (Phi) is 6.58. The molecule has 2 aromatic heterocycles. The fourth-order valence-electron chi connectivity index (χ4n) is 3.77. The maximum atomic E-state index is 11.8. The molecule has 1 amide bonds. The van der Waals surface area contributed by atoms with E-state index < -0.39 is 10.0 Å². The number of nitrogens with zero attached hydrogens (tertiary/aromatic N) is 2. The van der Waals surface area contributed by atoms with Crippen molar-refractivity contribution in [2.24, 2.45) is 0 Å². The first-order valence-electron chi connectivity index (χ1n) is 10.3. The zero-order valence-electron chi connectivity index (χ0n) is 17.8. The number of thiazole rings is 1. The first-order chi connectivity index (χ1) is 15.3. The average Bonchev–Trinajstić information content (AvgIpc) is 3.15. The first kappa shape index (κ1) is 22.4. The van der Waals surface area contributed by atoms with Crippen molar-refractivity contribution in [1.82, 2.24) is 20.0 Å². The van der Waals surface area contributed by atoms with Gasteiger partial charge in [0.05, 0.1) is 16.5 Å². The number of sulfonamides is 1. The van der Waals surface area contributed by atoms with Gasteiger partial charge in [-0.2, -0.15) is 0 Å². The summed E-state index contributed by atoms with van der Waals surface area (Å²) in [6, 6.07) is 8.71. The number of aromatic nitrogens is 2. The molecule has 0 aliphatic heterocycles. The Hall–Kier alpha value is -2.76. The predicted molar refractivity (Wildman–Crippen MR) is 125 cm³/mol. The van der Waals surface area contributed by atoms with E-state index in [-0.39, 0.29) is 23.7 Å². The van der Waals surface area contributed by atoms with Crippen LogP contribution in [-0.2, 0) is 10.0 Å². The van der Waals surface area contributed by atoms with E-state index in [4.69, 9.17) is 4.74 Å². The van der Waals surface area contributed by atoms with Crippen molar-refractivity contribution in [1.29, 1.82) is 0 Å². The summed E-state index contributed by atoms with van der Waals surface area (Å²) in [4.78, 5) is 20.5. The van der Waals surface area contributed by atoms with Gasteiger partial charge in [0.1, 0.15) is 17.2 Å². The molecule has 0 spiro atoms. The van der Waals surface area contributed by atoms with Crippen molar-refractivity contribution in [2.75, 3.05) is 18.6 Å². The second-order valence-corrected chi connectivity index (χ2v) is 10.5. The number of rotatable bonds is 7. The van der Waals surface area contributed by atoms with Gasteiger partial charge in [-0.25, -0.2) is 18.1 Å². The maximum absolute atomic E-state index is 11.8. The lowest BCUT2D eigenvalue weighted by molar-refractivity contribution is 0.0958. The van der Waals surface area contributed by atoms with Crippen molar-refractivity contribution in [3.05, 3.63) is 42.2 Å². The van der Waals surface area contributed by atoms with Crippen LogP contribution in [0.5, 0.6) is 11.5 Å². The Labute approximate surface area is 190 Å². The highest BCUT2D eigenvalue weighted by molar-refractivity contribution is 7.88. The van der Waals surface area contributed by atoms with E-state index in [0.29, 0.717) is 11.5 Å². The first-order valence-corrected chi connectivity index (χ1v) is 13.0. The summed E-state index contributed by atoms with van der Waals surface area (Å²) in [6.07, 6.45) is 6.45. The number of pyridine rings is 1. The van der Waals surface area contributed by atoms with Gasteiger partial charge >= 0.3 is 0 Å². The number of fused-ring (bicyclic) bond motifs is 1. The van der Waals surface area contributed by atoms with Crippen LogP contribution in [0.3, 0.4) is 0 Å². The second kappa shape index (κ2) is 9.39. The van der Waals surface area contributed by atoms with Gasteiger partial charge < -0.3 is 15.4 Å². The third kappa shape index (κ3) is 5.53. The number of amides is 1. The van der Waals surface area contributed by atoms with Crippen molar-refractivity contribution < 1.29 is 17.9 Å². The van der Waals surface area contributed by atoms with Crippen LogP contribution in [0.25, 0.3) is 10.2 Å². The molecular formula is C21H25N5O4S2. The van der Waals surface area contributed by atoms with Gasteiger partial charge in [-0.3, -0.25) is 9.78 Å². The number of ether oxygens (including phenoxy) is 1. The molecule has 11 heteroatoms. The third-order valence-corrected chi connectivity index (χ3v) is 6.91. The van der Waals surface area contributed by atoms with Gasteiger partial charge in [0.2, 0.25) is 10.0 Å². The monoisotopic (exact) mass is 475 g/mol. The topological polar surface area (TPSA) is 122 Å². The number of carbonyl (C=O) groups is 1. The van der Waals surface area contributed by atoms with E-state index in [1.165, 1.54) is 23.8 Å². The van der Waals surface area contributed by atoms with Gasteiger partial charge in [0, 0.05) is 37.5 Å². The predicted octanol–water partition coefficient (Wildman–Crippen LogP) is 3.12. The van der Waals surface area contributed by atoms with Crippen molar-refractivity contribution in [3.63, 3.8) is 0 Å². The molecule has 1 aliphatic carbocycles. The molecule has 1 fully saturated rings. The molecular weight excluding hydrogens is 450 g/mol. The molecule has 0 bridgehead atoms. The molecule has 2 heterocycles. The van der Waals surface area contributed by atoms with Crippen LogP contribution in [0.4, 0.5) is 5.13 Å². The van der Waals surface area contributed by atoms with Gasteiger partial charge in [-0.1, -0.05) is 24.2 Å². The third-order valence-electron chi connectivity index (χ3n) is 5.23. The molecule has 3 aromatic rings. The molecule has 1 aromatic carbocycles. The summed E-state index contributed by atoms with van der Waals surface area (Å²) in [5, 5.41) is 6.71. The highest BCUT2D eigenvalue weighted by Crippen LogP contribution is 2.33. The fraction of sp³-hybridized carbons (Fsp3) is 0.381. The lowest BCUT2D eigenvalue weighted by Crippen LogP contribution is -2.48. The number of nitrogens with one attached hydrogen (secondary N) is 3. The Bertz CT molecular complexity index is 1230. The number of hydrogen-bond acceptors (Lipinski definition) is 8. The lowest BCUT2D eigenvalue weighted by atomic mass is 9.91. The second-order valence-electron chi connectivity index (χ2n) is 7.74. The SMILES string of the molecule is CNC(=O)c1cc(Oc2ccc3nc(N[C@@H]4CCCC[C@H]4NS(C)(=O)=O)sc3c2)ccn1. The van der Waals surface area contributed by atoms with E-state index >= 15 is 0 Å². The number of anilines is 1. The summed E-state index contributed by atoms with van der Waals surface area (Å²) in [5.74, 6) is 0.851. The number of benzene rings is 1. The molecule has 3 N–H and O–H groups in total. The summed E-state index contributed by atoms with van der Waals surface area (Å²) < 4.78 is 33.0. The minimum atomic E-state index is -3.27. The van der Waals surface area contributed by atoms with Crippen LogP contribution in [0, 0.1) is 0 Å². The average molecular weight is 476 g/mol. The van der Waals surface area contributed by atoms with Crippen LogP contribution in [-0.4, -0.2) is 49.7 Å². The molecule has 0 saturated heterocycles. The quantitative estimate of drug-likeness (QED) is 0.480. The summed E-state index contributed by atoms with van der Waals surface area (Å²) in [6.45, 7) is 0. The van der Waals surface area contributed by atoms with Crippen LogP contribution in [0.15, 0.2) is 36.5 Å². The Morgan fingerprint density at radius 3 is 2.62 bits per heavy atom. The zero-order valence-corrected chi connectivity index (χ0v) is 19.4. The van der Waals surface area contributed by atoms with Crippen LogP contribution in [0.1, 0.15) is 36.2 Å². The highest BCUT2D eigenvalue weighted by Gasteiger charge is 2.28. The smallest absolute Gasteiger partial charge is 0.269 e. The largest absolute Gasteiger partial charge is 0.457 e. The minimum Gasteiger partial charge on any atom is -0.457 e. The summed E-state index contributed by atoms with van der Waals surface area (Å²) in [5.41, 5.74) is 1.11. The molecule has 0 radical (unpaired) electrons. The molecule has 4 rings (SSSR count). The molecule has 170 valence electrons. The van der Waals surface area contributed by atoms with E-state index in [1.807, 2.05) is 18.2 Å². The Morgan fingerprint density at radius 2 is 1.88 bits per heavy atom. The highest BCUT2D eigenvalue weighted by atomic mass is 32.2. The Balaban J connectivity index is 1.50. The van der Waals surface area contributed by atoms with E-state index in [1.54, 1.807) is 19.2 Å². The molecule has 32 heavy (non-hydrogen) atoms. The van der Waals surface area contributed by atoms with Gasteiger partial charge in [-0.15, -0.1) is 0 Å². The lowest BCUT2D eigenvalue weighted by Gasteiger charge is -2.32. The molecule has 9 nitrogen and oxygen atoms in total. The molecule has 0 unspecified atom stereocenters. The standard InChI is InChI=1S/C21H25N5O4S2/c1-22-20(27)18-11-14(9-10-23-18)30-13-7-8-17-19(12-13)31-21(25-17)24-15-5-3-4-6-16(15)26-32(2,28)29/h7-12,15-16,26H,3-6H2,1-2H3,(H,22,27)(H,24,25)/t15-,16-/m1/s1. The molecule has 2 atom stereocenters. The molecule has 1 saturated carbocycles. The van der Waals surface area contributed by atoms with E-state index in [9.17, 15) is 13.2 Å². The van der Waals surface area contributed by atoms with Crippen molar-refractivity contribution in [2.45, 2.75) is 37.8 Å². The van der Waals surface area contributed by atoms with Crippen LogP contribution >= 0.6 is 11.3 Å². The van der Waals surface area contributed by atoms with Gasteiger partial charge in [0.15, 0.2) is 5.13 Å². The van der Waals surface area contributed by atoms with E-state index in [0.717, 1.165) is 41.0 Å². The zero-order chi connectivity index (χ0) is 22.7. The van der Waals surface area contributed by atoms with Gasteiger partial charge in [-0.05, 0) is 31.0 Å². The Morgan fingerprint density at radius 1 is 1.12 bits per heavy atom. The van der Waals surface area contributed by atoms with Crippen LogP contribution in [0.2, 0.25) is 0 Å². The van der Waals surface area contributed by atoms with Crippen molar-refractivity contribution >= 4 is 42.6 Å².